The third-order valence-electron chi connectivity index (χ3n) is 3.71. The van der Waals surface area contributed by atoms with Gasteiger partial charge in [-0.1, -0.05) is 19.1 Å². The number of aromatic nitrogens is 3. The Bertz CT molecular complexity index is 619. The molecular formula is C13H19F3N6O. The molecule has 23 heavy (non-hydrogen) atoms. The van der Waals surface area contributed by atoms with E-state index < -0.39 is 17.6 Å². The van der Waals surface area contributed by atoms with Crippen molar-refractivity contribution in [2.45, 2.75) is 25.9 Å². The maximum atomic E-state index is 13.5. The van der Waals surface area contributed by atoms with Gasteiger partial charge in [-0.05, 0) is 0 Å². The predicted octanol–water partition coefficient (Wildman–Crippen LogP) is 1.25. The van der Waals surface area contributed by atoms with E-state index >= 15 is 0 Å². The number of amidine groups is 1. The van der Waals surface area contributed by atoms with Crippen molar-refractivity contribution in [1.82, 2.24) is 25.2 Å². The molecule has 1 aromatic rings. The first-order valence-corrected chi connectivity index (χ1v) is 7.09. The van der Waals surface area contributed by atoms with Crippen molar-refractivity contribution in [1.29, 1.82) is 0 Å². The van der Waals surface area contributed by atoms with Gasteiger partial charge in [0.15, 0.2) is 5.84 Å². The Balaban J connectivity index is 2.60. The maximum absolute atomic E-state index is 13.5. The number of rotatable bonds is 5. The molecule has 1 aromatic heterocycles. The number of alkyl halides is 3. The highest BCUT2D eigenvalue weighted by molar-refractivity contribution is 5.98. The molecule has 128 valence electrons. The SMILES string of the molecule is CCN(CC)C1(OC)N=C(c2cnnn2C)NC=C1C(F)(F)F. The highest BCUT2D eigenvalue weighted by atomic mass is 19.4. The van der Waals surface area contributed by atoms with Gasteiger partial charge in [0.25, 0.3) is 5.85 Å². The first-order valence-electron chi connectivity index (χ1n) is 7.09. The lowest BCUT2D eigenvalue weighted by Gasteiger charge is -2.42. The summed E-state index contributed by atoms with van der Waals surface area (Å²) < 4.78 is 47.2. The Hall–Kier alpha value is -1.94. The third kappa shape index (κ3) is 2.95. The summed E-state index contributed by atoms with van der Waals surface area (Å²) in [6.07, 6.45) is -2.29. The van der Waals surface area contributed by atoms with Crippen LogP contribution < -0.4 is 5.32 Å². The monoisotopic (exact) mass is 332 g/mol. The molecule has 1 atom stereocenters. The van der Waals surface area contributed by atoms with Crippen LogP contribution in [0.15, 0.2) is 23.0 Å². The molecule has 0 amide bonds. The summed E-state index contributed by atoms with van der Waals surface area (Å²) >= 11 is 0. The van der Waals surface area contributed by atoms with E-state index in [4.69, 9.17) is 4.74 Å². The molecule has 0 aliphatic carbocycles. The molecule has 0 saturated heterocycles. The predicted molar refractivity (Wildman–Crippen MR) is 77.5 cm³/mol. The van der Waals surface area contributed by atoms with Crippen LogP contribution in [0.2, 0.25) is 0 Å². The molecule has 0 bridgehead atoms. The van der Waals surface area contributed by atoms with Crippen LogP contribution in [0.1, 0.15) is 19.5 Å². The fourth-order valence-corrected chi connectivity index (χ4v) is 2.56. The first-order chi connectivity index (χ1) is 10.8. The quantitative estimate of drug-likeness (QED) is 0.822. The van der Waals surface area contributed by atoms with Crippen LogP contribution in [-0.2, 0) is 11.8 Å². The van der Waals surface area contributed by atoms with Gasteiger partial charge in [-0.25, -0.2) is 9.67 Å². The largest absolute Gasteiger partial charge is 0.420 e. The van der Waals surface area contributed by atoms with Crippen molar-refractivity contribution >= 4 is 5.84 Å². The summed E-state index contributed by atoms with van der Waals surface area (Å²) in [4.78, 5) is 5.74. The second kappa shape index (κ2) is 6.28. The molecule has 0 spiro atoms. The van der Waals surface area contributed by atoms with E-state index in [9.17, 15) is 13.2 Å². The minimum absolute atomic E-state index is 0.208. The number of nitrogens with zero attached hydrogens (tertiary/aromatic N) is 5. The van der Waals surface area contributed by atoms with Crippen LogP contribution in [0.3, 0.4) is 0 Å². The maximum Gasteiger partial charge on any atom is 0.420 e. The van der Waals surface area contributed by atoms with E-state index in [1.165, 1.54) is 22.9 Å². The van der Waals surface area contributed by atoms with Crippen LogP contribution in [0.5, 0.6) is 0 Å². The Morgan fingerprint density at radius 3 is 2.43 bits per heavy atom. The number of methoxy groups -OCH3 is 1. The number of aliphatic imine (C=N–C) groups is 1. The fourth-order valence-electron chi connectivity index (χ4n) is 2.56. The topological polar surface area (TPSA) is 67.6 Å². The van der Waals surface area contributed by atoms with Crippen molar-refractivity contribution in [2.75, 3.05) is 20.2 Å². The van der Waals surface area contributed by atoms with Gasteiger partial charge in [0.1, 0.15) is 11.3 Å². The standard InChI is InChI=1S/C13H19F3N6O/c1-5-22(6-2)13(23-4)10(12(14,15)16)8-17-11(19-13)9-7-18-20-21(9)3/h7-8H,5-6H2,1-4H3,(H,17,19). The number of aryl methyl sites for hydroxylation is 1. The third-order valence-corrected chi connectivity index (χ3v) is 3.71. The molecule has 1 aliphatic heterocycles. The van der Waals surface area contributed by atoms with Crippen molar-refractivity contribution in [3.63, 3.8) is 0 Å². The normalized spacial score (nSPS) is 21.9. The van der Waals surface area contributed by atoms with Gasteiger partial charge in [-0.2, -0.15) is 13.2 Å². The zero-order valence-corrected chi connectivity index (χ0v) is 13.3. The van der Waals surface area contributed by atoms with Crippen LogP contribution in [0.25, 0.3) is 0 Å². The summed E-state index contributed by atoms with van der Waals surface area (Å²) in [5.41, 5.74) is -0.453. The average Bonchev–Trinajstić information content (AvgIpc) is 2.93. The number of hydrogen-bond donors (Lipinski definition) is 1. The van der Waals surface area contributed by atoms with Gasteiger partial charge in [0.2, 0.25) is 0 Å². The number of hydrogen-bond acceptors (Lipinski definition) is 6. The highest BCUT2D eigenvalue weighted by Gasteiger charge is 2.54. The van der Waals surface area contributed by atoms with E-state index in [0.717, 1.165) is 6.20 Å². The minimum atomic E-state index is -4.59. The van der Waals surface area contributed by atoms with Crippen LogP contribution >= 0.6 is 0 Å². The van der Waals surface area contributed by atoms with Gasteiger partial charge >= 0.3 is 6.18 Å². The molecule has 0 fully saturated rings. The summed E-state index contributed by atoms with van der Waals surface area (Å²) in [5.74, 6) is -1.74. The number of likely N-dealkylation sites (N-methyl/N-ethyl adjacent to an activating group) is 1. The van der Waals surface area contributed by atoms with Gasteiger partial charge in [-0.3, -0.25) is 4.90 Å². The van der Waals surface area contributed by atoms with Crippen molar-refractivity contribution in [3.05, 3.63) is 23.7 Å². The summed E-state index contributed by atoms with van der Waals surface area (Å²) in [6, 6.07) is 0. The Labute approximate surface area is 131 Å². The lowest BCUT2D eigenvalue weighted by Crippen LogP contribution is -2.56. The van der Waals surface area contributed by atoms with Crippen molar-refractivity contribution in [3.8, 4) is 0 Å². The molecule has 0 aromatic carbocycles. The van der Waals surface area contributed by atoms with Crippen molar-refractivity contribution < 1.29 is 17.9 Å². The molecule has 1 unspecified atom stereocenters. The molecule has 2 rings (SSSR count). The second-order valence-corrected chi connectivity index (χ2v) is 4.89. The van der Waals surface area contributed by atoms with Gasteiger partial charge in [0, 0.05) is 33.4 Å². The first kappa shape index (κ1) is 17.4. The van der Waals surface area contributed by atoms with E-state index in [1.54, 1.807) is 20.9 Å². The van der Waals surface area contributed by atoms with E-state index in [2.05, 4.69) is 20.6 Å². The summed E-state index contributed by atoms with van der Waals surface area (Å²) in [5, 5.41) is 10.1. The van der Waals surface area contributed by atoms with E-state index in [0.29, 0.717) is 18.8 Å². The zero-order valence-electron chi connectivity index (χ0n) is 13.3. The number of halogens is 3. The number of nitrogens with one attached hydrogen (secondary N) is 1. The lowest BCUT2D eigenvalue weighted by molar-refractivity contribution is -0.168. The second-order valence-electron chi connectivity index (χ2n) is 4.89. The Morgan fingerprint density at radius 2 is 2.00 bits per heavy atom. The molecule has 0 radical (unpaired) electrons. The van der Waals surface area contributed by atoms with Gasteiger partial charge in [0.05, 0.1) is 6.20 Å². The van der Waals surface area contributed by atoms with E-state index in [-0.39, 0.29) is 5.84 Å². The smallest absolute Gasteiger partial charge is 0.344 e. The molecule has 1 N–H and O–H groups in total. The Morgan fingerprint density at radius 1 is 1.35 bits per heavy atom. The molecule has 7 nitrogen and oxygen atoms in total. The number of ether oxygens (including phenoxy) is 1. The molecule has 1 aliphatic rings. The van der Waals surface area contributed by atoms with Crippen LogP contribution in [-0.4, -0.2) is 58.0 Å². The minimum Gasteiger partial charge on any atom is -0.344 e. The van der Waals surface area contributed by atoms with Crippen LogP contribution in [0, 0.1) is 0 Å². The highest BCUT2D eigenvalue weighted by Crippen LogP contribution is 2.40. The van der Waals surface area contributed by atoms with Gasteiger partial charge < -0.3 is 10.1 Å². The summed E-state index contributed by atoms with van der Waals surface area (Å²) in [7, 11) is 2.84. The van der Waals surface area contributed by atoms with Crippen LogP contribution in [0.4, 0.5) is 13.2 Å². The fraction of sp³-hybridized carbons (Fsp3) is 0.615. The zero-order chi connectivity index (χ0) is 17.3. The molecule has 0 saturated carbocycles. The molecule has 10 heteroatoms. The van der Waals surface area contributed by atoms with Gasteiger partial charge in [-0.15, -0.1) is 5.10 Å². The molecule has 2 heterocycles. The average molecular weight is 332 g/mol. The van der Waals surface area contributed by atoms with Crippen molar-refractivity contribution in [2.24, 2.45) is 12.0 Å². The Kier molecular flexibility index (Phi) is 4.76. The van der Waals surface area contributed by atoms with E-state index in [1.807, 2.05) is 0 Å². The molecular weight excluding hydrogens is 313 g/mol. The lowest BCUT2D eigenvalue weighted by atomic mass is 10.1. The summed E-state index contributed by atoms with van der Waals surface area (Å²) in [6.45, 7) is 4.17.